The number of hydrogen-bond donors (Lipinski definition) is 1. The molecule has 1 fully saturated rings. The zero-order valence-electron chi connectivity index (χ0n) is 10.4. The van der Waals surface area contributed by atoms with E-state index in [-0.39, 0.29) is 5.91 Å². The lowest BCUT2D eigenvalue weighted by Gasteiger charge is -1.91. The Balaban J connectivity index is 2.07. The molecule has 1 aliphatic heterocycles. The summed E-state index contributed by atoms with van der Waals surface area (Å²) in [6.07, 6.45) is 5.03. The van der Waals surface area contributed by atoms with Crippen molar-refractivity contribution in [1.82, 2.24) is 10.3 Å². The average Bonchev–Trinajstić information content (AvgIpc) is 2.94. The van der Waals surface area contributed by atoms with Gasteiger partial charge < -0.3 is 9.73 Å². The number of thiocarbonyl (C=S) groups is 1. The summed E-state index contributed by atoms with van der Waals surface area (Å²) in [5.74, 6) is 6.14. The first-order valence-corrected chi connectivity index (χ1v) is 6.95. The summed E-state index contributed by atoms with van der Waals surface area (Å²) >= 11 is 6.16. The summed E-state index contributed by atoms with van der Waals surface area (Å²) < 4.78 is 6.20. The molecule has 0 radical (unpaired) electrons. The molecule has 3 heterocycles. The van der Waals surface area contributed by atoms with Gasteiger partial charge >= 0.3 is 0 Å². The zero-order chi connectivity index (χ0) is 14.1. The number of thioether (sulfide) groups is 1. The largest absolute Gasteiger partial charge is 0.455 e. The third-order valence-corrected chi connectivity index (χ3v) is 3.78. The highest BCUT2D eigenvalue weighted by molar-refractivity contribution is 8.26. The smallest absolute Gasteiger partial charge is 0.263 e. The van der Waals surface area contributed by atoms with Gasteiger partial charge in [0, 0.05) is 23.9 Å². The number of fused-ring (bicyclic) bond motifs is 1. The molecule has 0 aromatic carbocycles. The van der Waals surface area contributed by atoms with Crippen LogP contribution >= 0.6 is 24.0 Å². The number of furan rings is 1. The quantitative estimate of drug-likeness (QED) is 0.498. The van der Waals surface area contributed by atoms with E-state index in [2.05, 4.69) is 22.1 Å². The third kappa shape index (κ3) is 2.33. The standard InChI is InChI=1S/C14H8N2O2S2/c1-2-3-8-6-15-7-9-4-10(18-12(8)9)5-11-13(17)16-14(19)20-11/h4-7H,1H3,(H,16,17,19). The van der Waals surface area contributed by atoms with Gasteiger partial charge in [-0.1, -0.05) is 29.9 Å². The van der Waals surface area contributed by atoms with Gasteiger partial charge in [0.15, 0.2) is 5.58 Å². The van der Waals surface area contributed by atoms with Gasteiger partial charge in [0.1, 0.15) is 10.1 Å². The van der Waals surface area contributed by atoms with Crippen LogP contribution in [-0.4, -0.2) is 15.2 Å². The van der Waals surface area contributed by atoms with Crippen LogP contribution in [-0.2, 0) is 4.79 Å². The van der Waals surface area contributed by atoms with Crippen molar-refractivity contribution in [3.05, 3.63) is 34.7 Å². The summed E-state index contributed by atoms with van der Waals surface area (Å²) in [6, 6.07) is 1.82. The first-order chi connectivity index (χ1) is 9.67. The Morgan fingerprint density at radius 2 is 2.35 bits per heavy atom. The normalized spacial score (nSPS) is 16.4. The van der Waals surface area contributed by atoms with Crippen LogP contribution in [0.25, 0.3) is 17.0 Å². The van der Waals surface area contributed by atoms with E-state index >= 15 is 0 Å². The van der Waals surface area contributed by atoms with Crippen molar-refractivity contribution < 1.29 is 9.21 Å². The molecule has 0 bridgehead atoms. The van der Waals surface area contributed by atoms with Crippen molar-refractivity contribution in [2.24, 2.45) is 0 Å². The molecule has 98 valence electrons. The molecule has 6 heteroatoms. The lowest BCUT2D eigenvalue weighted by atomic mass is 10.2. The molecule has 0 aliphatic carbocycles. The lowest BCUT2D eigenvalue weighted by molar-refractivity contribution is -0.115. The van der Waals surface area contributed by atoms with Crippen molar-refractivity contribution >= 4 is 51.3 Å². The highest BCUT2D eigenvalue weighted by Gasteiger charge is 2.22. The fraction of sp³-hybridized carbons (Fsp3) is 0.0714. The van der Waals surface area contributed by atoms with Crippen LogP contribution in [0.4, 0.5) is 0 Å². The van der Waals surface area contributed by atoms with Crippen LogP contribution in [0, 0.1) is 11.8 Å². The molecule has 0 spiro atoms. The van der Waals surface area contributed by atoms with Crippen molar-refractivity contribution in [3.8, 4) is 11.8 Å². The number of hydrogen-bond acceptors (Lipinski definition) is 5. The molecular formula is C14H8N2O2S2. The molecule has 1 amide bonds. The number of nitrogens with zero attached hydrogens (tertiary/aromatic N) is 1. The van der Waals surface area contributed by atoms with E-state index in [1.165, 1.54) is 11.8 Å². The number of pyridine rings is 1. The van der Waals surface area contributed by atoms with E-state index in [1.54, 1.807) is 25.4 Å². The molecule has 0 atom stereocenters. The van der Waals surface area contributed by atoms with Gasteiger partial charge in [-0.05, 0) is 13.0 Å². The molecule has 0 saturated carbocycles. The highest BCUT2D eigenvalue weighted by atomic mass is 32.2. The lowest BCUT2D eigenvalue weighted by Crippen LogP contribution is -2.17. The third-order valence-electron chi connectivity index (χ3n) is 2.62. The van der Waals surface area contributed by atoms with E-state index in [9.17, 15) is 4.79 Å². The van der Waals surface area contributed by atoms with Gasteiger partial charge in [-0.15, -0.1) is 5.92 Å². The number of rotatable bonds is 1. The van der Waals surface area contributed by atoms with Crippen molar-refractivity contribution in [2.45, 2.75) is 6.92 Å². The molecule has 4 nitrogen and oxygen atoms in total. The topological polar surface area (TPSA) is 55.1 Å². The summed E-state index contributed by atoms with van der Waals surface area (Å²) in [5, 5.41) is 3.41. The first kappa shape index (κ1) is 12.9. The predicted octanol–water partition coefficient (Wildman–Crippen LogP) is 2.69. The molecule has 0 unspecified atom stereocenters. The van der Waals surface area contributed by atoms with Gasteiger partial charge in [-0.3, -0.25) is 9.78 Å². The monoisotopic (exact) mass is 300 g/mol. The Kier molecular flexibility index (Phi) is 3.30. The van der Waals surface area contributed by atoms with Crippen LogP contribution in [0.15, 0.2) is 27.8 Å². The summed E-state index contributed by atoms with van der Waals surface area (Å²) in [4.78, 5) is 16.2. The number of amides is 1. The van der Waals surface area contributed by atoms with E-state index in [0.717, 1.165) is 10.9 Å². The second kappa shape index (κ2) is 5.12. The summed E-state index contributed by atoms with van der Waals surface area (Å²) in [6.45, 7) is 1.76. The highest BCUT2D eigenvalue weighted by Crippen LogP contribution is 2.28. The minimum atomic E-state index is -0.202. The average molecular weight is 300 g/mol. The van der Waals surface area contributed by atoms with Crippen LogP contribution in [0.2, 0.25) is 0 Å². The first-order valence-electron chi connectivity index (χ1n) is 5.72. The van der Waals surface area contributed by atoms with E-state index in [0.29, 0.717) is 20.6 Å². The van der Waals surface area contributed by atoms with Gasteiger partial charge in [0.25, 0.3) is 5.91 Å². The van der Waals surface area contributed by atoms with E-state index < -0.39 is 0 Å². The molecule has 1 aliphatic rings. The Bertz CT molecular complexity index is 825. The van der Waals surface area contributed by atoms with Crippen LogP contribution in [0.5, 0.6) is 0 Å². The van der Waals surface area contributed by atoms with Gasteiger partial charge in [0.2, 0.25) is 0 Å². The van der Waals surface area contributed by atoms with Gasteiger partial charge in [0.05, 0.1) is 10.5 Å². The number of carbonyl (C=O) groups is 1. The van der Waals surface area contributed by atoms with Crippen molar-refractivity contribution in [3.63, 3.8) is 0 Å². The van der Waals surface area contributed by atoms with E-state index in [1.807, 2.05) is 6.07 Å². The number of carbonyl (C=O) groups excluding carboxylic acids is 1. The van der Waals surface area contributed by atoms with Crippen molar-refractivity contribution in [2.75, 3.05) is 0 Å². The summed E-state index contributed by atoms with van der Waals surface area (Å²) in [5.41, 5.74) is 1.40. The number of nitrogens with one attached hydrogen (secondary N) is 1. The van der Waals surface area contributed by atoms with E-state index in [4.69, 9.17) is 16.6 Å². The fourth-order valence-corrected chi connectivity index (χ4v) is 2.85. The maximum atomic E-state index is 11.6. The Morgan fingerprint density at radius 1 is 1.50 bits per heavy atom. The van der Waals surface area contributed by atoms with Gasteiger partial charge in [-0.2, -0.15) is 0 Å². The Hall–Kier alpha value is -2.10. The SMILES string of the molecule is CC#Cc1cncc2cc(C=C3SC(=S)NC3=O)oc12. The molecular weight excluding hydrogens is 292 g/mol. The molecule has 1 saturated heterocycles. The maximum Gasteiger partial charge on any atom is 0.263 e. The summed E-state index contributed by atoms with van der Waals surface area (Å²) in [7, 11) is 0. The zero-order valence-corrected chi connectivity index (χ0v) is 12.0. The minimum Gasteiger partial charge on any atom is -0.455 e. The Morgan fingerprint density at radius 3 is 3.05 bits per heavy atom. The second-order valence-corrected chi connectivity index (χ2v) is 5.70. The van der Waals surface area contributed by atoms with Crippen LogP contribution in [0.3, 0.4) is 0 Å². The second-order valence-electron chi connectivity index (χ2n) is 3.98. The number of aromatic nitrogens is 1. The molecule has 1 N–H and O–H groups in total. The molecule has 2 aromatic rings. The Labute approximate surface area is 124 Å². The predicted molar refractivity (Wildman–Crippen MR) is 82.9 cm³/mol. The molecule has 3 rings (SSSR count). The van der Waals surface area contributed by atoms with Crippen LogP contribution < -0.4 is 5.32 Å². The maximum absolute atomic E-state index is 11.6. The molecule has 2 aromatic heterocycles. The molecule has 20 heavy (non-hydrogen) atoms. The van der Waals surface area contributed by atoms with Gasteiger partial charge in [-0.25, -0.2) is 0 Å². The fourth-order valence-electron chi connectivity index (χ4n) is 1.83. The van der Waals surface area contributed by atoms with Crippen molar-refractivity contribution in [1.29, 1.82) is 0 Å². The van der Waals surface area contributed by atoms with Crippen LogP contribution in [0.1, 0.15) is 18.2 Å². The minimum absolute atomic E-state index is 0.202.